The van der Waals surface area contributed by atoms with Gasteiger partial charge in [-0.05, 0) is 31.9 Å². The highest BCUT2D eigenvalue weighted by molar-refractivity contribution is 6.30. The summed E-state index contributed by atoms with van der Waals surface area (Å²) in [4.78, 5) is 27.8. The number of carbonyl (C=O) groups excluding carboxylic acids is 1. The highest BCUT2D eigenvalue weighted by Gasteiger charge is 2.48. The van der Waals surface area contributed by atoms with Crippen LogP contribution in [0.2, 0.25) is 5.02 Å². The monoisotopic (exact) mass is 437 g/mol. The molecular weight excluding hydrogens is 415 g/mol. The molecule has 2 aliphatic heterocycles. The van der Waals surface area contributed by atoms with Gasteiger partial charge in [0.05, 0.1) is 17.0 Å². The molecule has 0 spiro atoms. The first-order valence-electron chi connectivity index (χ1n) is 9.04. The first kappa shape index (κ1) is 23.4. The summed E-state index contributed by atoms with van der Waals surface area (Å²) >= 11 is 6.01. The molecule has 29 heavy (non-hydrogen) atoms. The van der Waals surface area contributed by atoms with Crippen molar-refractivity contribution in [3.63, 3.8) is 0 Å². The van der Waals surface area contributed by atoms with Crippen molar-refractivity contribution in [3.8, 4) is 0 Å². The molecule has 0 saturated carbocycles. The zero-order valence-corrected chi connectivity index (χ0v) is 16.7. The number of nitrogens with one attached hydrogen (secondary N) is 1. The van der Waals surface area contributed by atoms with E-state index in [-0.39, 0.29) is 24.0 Å². The maximum absolute atomic E-state index is 12.4. The van der Waals surface area contributed by atoms with Crippen LogP contribution in [0.4, 0.5) is 13.2 Å². The first-order valence-corrected chi connectivity index (χ1v) is 9.42. The number of carboxylic acid groups (broad SMARTS) is 1. The fraction of sp³-hybridized carbons (Fsp3) is 0.611. The molecule has 2 N–H and O–H groups in total. The fourth-order valence-corrected chi connectivity index (χ4v) is 3.65. The minimum atomic E-state index is -5.08. The van der Waals surface area contributed by atoms with Gasteiger partial charge in [0.1, 0.15) is 0 Å². The Morgan fingerprint density at radius 3 is 2.62 bits per heavy atom. The molecule has 2 aliphatic rings. The van der Waals surface area contributed by atoms with E-state index < -0.39 is 12.1 Å². The van der Waals surface area contributed by atoms with E-state index in [0.717, 1.165) is 31.7 Å². The molecule has 0 aromatic carbocycles. The number of aliphatic carboxylic acids is 1. The summed E-state index contributed by atoms with van der Waals surface area (Å²) in [5.74, 6) is -2.76. The van der Waals surface area contributed by atoms with Gasteiger partial charge in [-0.3, -0.25) is 14.7 Å². The average molecular weight is 438 g/mol. The Morgan fingerprint density at radius 2 is 2.07 bits per heavy atom. The highest BCUT2D eigenvalue weighted by atomic mass is 35.5. The number of halogens is 4. The highest BCUT2D eigenvalue weighted by Crippen LogP contribution is 2.34. The van der Waals surface area contributed by atoms with Gasteiger partial charge in [0.15, 0.2) is 0 Å². The smallest absolute Gasteiger partial charge is 0.475 e. The summed E-state index contributed by atoms with van der Waals surface area (Å²) in [5, 5.41) is 10.8. The van der Waals surface area contributed by atoms with Crippen molar-refractivity contribution in [2.45, 2.75) is 51.2 Å². The van der Waals surface area contributed by atoms with Gasteiger partial charge in [-0.1, -0.05) is 11.6 Å². The molecule has 3 heterocycles. The molecule has 1 aromatic heterocycles. The lowest BCUT2D eigenvalue weighted by Crippen LogP contribution is -2.41. The van der Waals surface area contributed by atoms with Crippen LogP contribution in [0.15, 0.2) is 18.5 Å². The minimum Gasteiger partial charge on any atom is -0.475 e. The largest absolute Gasteiger partial charge is 0.490 e. The summed E-state index contributed by atoms with van der Waals surface area (Å²) in [7, 11) is 0. The van der Waals surface area contributed by atoms with Crippen molar-refractivity contribution in [1.29, 1.82) is 0 Å². The maximum atomic E-state index is 12.4. The van der Waals surface area contributed by atoms with Gasteiger partial charge < -0.3 is 15.2 Å². The molecule has 3 atom stereocenters. The van der Waals surface area contributed by atoms with E-state index in [9.17, 15) is 18.0 Å². The lowest BCUT2D eigenvalue weighted by molar-refractivity contribution is -0.192. The number of aromatic nitrogens is 1. The molecule has 0 aliphatic carbocycles. The third kappa shape index (κ3) is 6.55. The molecule has 2 fully saturated rings. The standard InChI is InChI=1S/C16H22ClN3O2.C2HF3O2/c1-10(2)19-16(21)13-9-20(14-3-4-22-15(13)14)8-11-5-12(17)7-18-6-11;3-2(4,5)1(6)7/h5-7,10,13-15H,3-4,8-9H2,1-2H3,(H,19,21);(H,6,7)/t13-,14+,15+;/m0./s1. The van der Waals surface area contributed by atoms with Crippen molar-refractivity contribution in [2.24, 2.45) is 5.92 Å². The van der Waals surface area contributed by atoms with E-state index in [1.165, 1.54) is 0 Å². The minimum absolute atomic E-state index is 0.00546. The number of likely N-dealkylation sites (tertiary alicyclic amines) is 1. The summed E-state index contributed by atoms with van der Waals surface area (Å²) in [6.45, 7) is 6.17. The van der Waals surface area contributed by atoms with Gasteiger partial charge in [-0.25, -0.2) is 4.79 Å². The molecule has 1 amide bonds. The summed E-state index contributed by atoms with van der Waals surface area (Å²) in [5.41, 5.74) is 1.07. The third-order valence-corrected chi connectivity index (χ3v) is 4.76. The molecule has 0 bridgehead atoms. The molecular formula is C18H23ClF3N3O4. The normalized spacial score (nSPS) is 24.0. The number of pyridine rings is 1. The number of nitrogens with zero attached hydrogens (tertiary/aromatic N) is 2. The van der Waals surface area contributed by atoms with E-state index in [1.54, 1.807) is 6.20 Å². The molecule has 2 saturated heterocycles. The van der Waals surface area contributed by atoms with Gasteiger partial charge in [-0.2, -0.15) is 13.2 Å². The second kappa shape index (κ2) is 9.73. The molecule has 0 unspecified atom stereocenters. The van der Waals surface area contributed by atoms with Crippen LogP contribution >= 0.6 is 11.6 Å². The van der Waals surface area contributed by atoms with Crippen molar-refractivity contribution in [3.05, 3.63) is 29.0 Å². The van der Waals surface area contributed by atoms with Crippen LogP contribution in [0.5, 0.6) is 0 Å². The number of fused-ring (bicyclic) bond motifs is 1. The zero-order chi connectivity index (χ0) is 21.8. The van der Waals surface area contributed by atoms with Gasteiger partial charge >= 0.3 is 12.1 Å². The molecule has 0 radical (unpaired) electrons. The second-order valence-corrected chi connectivity index (χ2v) is 7.64. The van der Waals surface area contributed by atoms with E-state index in [2.05, 4.69) is 15.2 Å². The maximum Gasteiger partial charge on any atom is 0.490 e. The molecule has 11 heteroatoms. The number of hydrogen-bond acceptors (Lipinski definition) is 5. The van der Waals surface area contributed by atoms with Crippen molar-refractivity contribution >= 4 is 23.5 Å². The van der Waals surface area contributed by atoms with Crippen LogP contribution in [-0.2, 0) is 20.9 Å². The Kier molecular flexibility index (Phi) is 7.84. The Hall–Kier alpha value is -1.91. The number of hydrogen-bond donors (Lipinski definition) is 2. The van der Waals surface area contributed by atoms with Crippen LogP contribution in [0.25, 0.3) is 0 Å². The van der Waals surface area contributed by atoms with Gasteiger partial charge in [0.2, 0.25) is 5.91 Å². The number of rotatable bonds is 4. The van der Waals surface area contributed by atoms with Crippen LogP contribution in [0.1, 0.15) is 25.8 Å². The van der Waals surface area contributed by atoms with Crippen LogP contribution < -0.4 is 5.32 Å². The second-order valence-electron chi connectivity index (χ2n) is 7.20. The molecule has 3 rings (SSSR count). The van der Waals surface area contributed by atoms with Crippen LogP contribution in [0.3, 0.4) is 0 Å². The number of carbonyl (C=O) groups is 2. The average Bonchev–Trinajstić information content (AvgIpc) is 3.18. The van der Waals surface area contributed by atoms with Crippen molar-refractivity contribution < 1.29 is 32.6 Å². The number of carboxylic acids is 1. The quantitative estimate of drug-likeness (QED) is 0.752. The summed E-state index contributed by atoms with van der Waals surface area (Å²) in [6, 6.07) is 2.39. The predicted octanol–water partition coefficient (Wildman–Crippen LogP) is 2.48. The Balaban J connectivity index is 0.000000370. The van der Waals surface area contributed by atoms with Crippen LogP contribution in [-0.4, -0.2) is 64.4 Å². The van der Waals surface area contributed by atoms with E-state index >= 15 is 0 Å². The van der Waals surface area contributed by atoms with Crippen molar-refractivity contribution in [1.82, 2.24) is 15.2 Å². The predicted molar refractivity (Wildman–Crippen MR) is 98.3 cm³/mol. The number of amides is 1. The van der Waals surface area contributed by atoms with Crippen LogP contribution in [0, 0.1) is 5.92 Å². The van der Waals surface area contributed by atoms with E-state index in [4.69, 9.17) is 26.2 Å². The topological polar surface area (TPSA) is 91.8 Å². The summed E-state index contributed by atoms with van der Waals surface area (Å²) < 4.78 is 37.6. The summed E-state index contributed by atoms with van der Waals surface area (Å²) in [6.07, 6.45) is -0.636. The zero-order valence-electron chi connectivity index (χ0n) is 15.9. The Morgan fingerprint density at radius 1 is 1.41 bits per heavy atom. The third-order valence-electron chi connectivity index (χ3n) is 4.56. The lowest BCUT2D eigenvalue weighted by atomic mass is 10.0. The fourth-order valence-electron chi connectivity index (χ4n) is 3.45. The van der Waals surface area contributed by atoms with Crippen molar-refractivity contribution in [2.75, 3.05) is 13.2 Å². The Labute approximate surface area is 171 Å². The molecule has 1 aromatic rings. The van der Waals surface area contributed by atoms with Gasteiger partial charge in [0.25, 0.3) is 0 Å². The number of ether oxygens (including phenoxy) is 1. The van der Waals surface area contributed by atoms with Gasteiger partial charge in [-0.15, -0.1) is 0 Å². The number of alkyl halides is 3. The van der Waals surface area contributed by atoms with Gasteiger partial charge in [0, 0.05) is 44.2 Å². The van der Waals surface area contributed by atoms with E-state index in [0.29, 0.717) is 11.1 Å². The SMILES string of the molecule is CC(C)NC(=O)[C@H]1CN(Cc2cncc(Cl)c2)[C@@H]2CCO[C@H]12.O=C(O)C(F)(F)F. The lowest BCUT2D eigenvalue weighted by Gasteiger charge is -2.22. The molecule has 162 valence electrons. The van der Waals surface area contributed by atoms with E-state index in [1.807, 2.05) is 26.1 Å². The molecule has 7 nitrogen and oxygen atoms in total. The Bertz CT molecular complexity index is 733. The first-order chi connectivity index (χ1) is 13.5.